The van der Waals surface area contributed by atoms with E-state index >= 15 is 0 Å². The van der Waals surface area contributed by atoms with Crippen LogP contribution in [0.5, 0.6) is 0 Å². The van der Waals surface area contributed by atoms with Crippen LogP contribution in [-0.4, -0.2) is 42.1 Å². The molecule has 2 aliphatic heterocycles. The molecule has 24 heavy (non-hydrogen) atoms. The Morgan fingerprint density at radius 1 is 1.17 bits per heavy atom. The molecule has 1 amide bonds. The molecule has 2 saturated heterocycles. The van der Waals surface area contributed by atoms with Crippen LogP contribution in [0.1, 0.15) is 10.5 Å². The van der Waals surface area contributed by atoms with Gasteiger partial charge >= 0.3 is 0 Å². The van der Waals surface area contributed by atoms with Gasteiger partial charge < -0.3 is 15.5 Å². The number of hydrogen-bond acceptors (Lipinski definition) is 5. The first-order chi connectivity index (χ1) is 11.7. The number of amides is 1. The van der Waals surface area contributed by atoms with Gasteiger partial charge in [-0.15, -0.1) is 0 Å². The molecule has 2 aliphatic rings. The van der Waals surface area contributed by atoms with Crippen molar-refractivity contribution < 1.29 is 4.79 Å². The van der Waals surface area contributed by atoms with Crippen LogP contribution in [0.25, 0.3) is 0 Å². The molecule has 0 bridgehead atoms. The molecule has 0 saturated carbocycles. The second kappa shape index (κ2) is 6.37. The predicted octanol–water partition coefficient (Wildman–Crippen LogP) is 2.04. The number of nitrogens with one attached hydrogen (secondary N) is 2. The molecule has 2 aromatic rings. The van der Waals surface area contributed by atoms with E-state index in [2.05, 4.69) is 25.5 Å². The fourth-order valence-corrected chi connectivity index (χ4v) is 3.51. The lowest BCUT2D eigenvalue weighted by molar-refractivity contribution is 0.102. The topological polar surface area (TPSA) is 70.2 Å². The number of hydrogen-bond donors (Lipinski definition) is 2. The van der Waals surface area contributed by atoms with Crippen molar-refractivity contribution >= 4 is 29.0 Å². The second-order valence-electron chi connectivity index (χ2n) is 6.31. The molecule has 2 atom stereocenters. The molecule has 0 radical (unpaired) electrons. The van der Waals surface area contributed by atoms with Crippen molar-refractivity contribution in [2.24, 2.45) is 11.8 Å². The van der Waals surface area contributed by atoms with Crippen molar-refractivity contribution in [3.05, 3.63) is 47.4 Å². The lowest BCUT2D eigenvalue weighted by Gasteiger charge is -2.18. The van der Waals surface area contributed by atoms with Gasteiger partial charge in [-0.3, -0.25) is 9.78 Å². The average molecular weight is 344 g/mol. The van der Waals surface area contributed by atoms with E-state index in [-0.39, 0.29) is 5.91 Å². The summed E-state index contributed by atoms with van der Waals surface area (Å²) in [6, 6.07) is 6.98. The minimum Gasteiger partial charge on any atom is -0.355 e. The third-order valence-corrected chi connectivity index (χ3v) is 4.92. The lowest BCUT2D eigenvalue weighted by atomic mass is 10.0. The Bertz CT molecular complexity index is 739. The normalized spacial score (nSPS) is 22.5. The van der Waals surface area contributed by atoms with Crippen molar-refractivity contribution in [1.82, 2.24) is 15.3 Å². The van der Waals surface area contributed by atoms with Crippen LogP contribution in [0.2, 0.25) is 5.02 Å². The summed E-state index contributed by atoms with van der Waals surface area (Å²) >= 11 is 5.85. The van der Waals surface area contributed by atoms with Crippen LogP contribution in [0.15, 0.2) is 36.7 Å². The standard InChI is InChI=1S/C17H18ClN5O/c18-13-1-3-14(4-2-13)21-17(24)15-7-20-8-16(22-15)23-9-11-5-19-6-12(11)10-23/h1-4,7-8,11-12,19H,5-6,9-10H2,(H,21,24)/t11-,12+. The lowest BCUT2D eigenvalue weighted by Crippen LogP contribution is -2.27. The van der Waals surface area contributed by atoms with Gasteiger partial charge in [-0.05, 0) is 36.1 Å². The average Bonchev–Trinajstić information content (AvgIpc) is 3.19. The maximum atomic E-state index is 12.4. The van der Waals surface area contributed by atoms with E-state index in [9.17, 15) is 4.79 Å². The number of fused-ring (bicyclic) bond motifs is 1. The first-order valence-electron chi connectivity index (χ1n) is 8.03. The number of aromatic nitrogens is 2. The Morgan fingerprint density at radius 3 is 2.58 bits per heavy atom. The summed E-state index contributed by atoms with van der Waals surface area (Å²) in [4.78, 5) is 23.3. The zero-order valence-electron chi connectivity index (χ0n) is 13.1. The van der Waals surface area contributed by atoms with Crippen molar-refractivity contribution in [3.63, 3.8) is 0 Å². The Morgan fingerprint density at radius 2 is 1.88 bits per heavy atom. The first kappa shape index (κ1) is 15.4. The number of nitrogens with zero attached hydrogens (tertiary/aromatic N) is 3. The van der Waals surface area contributed by atoms with Crippen LogP contribution < -0.4 is 15.5 Å². The minimum atomic E-state index is -0.271. The minimum absolute atomic E-state index is 0.271. The maximum Gasteiger partial charge on any atom is 0.275 e. The molecule has 1 aromatic carbocycles. The van der Waals surface area contributed by atoms with Crippen LogP contribution >= 0.6 is 11.6 Å². The molecular formula is C17H18ClN5O. The van der Waals surface area contributed by atoms with Gasteiger partial charge in [0.05, 0.1) is 12.4 Å². The number of carbonyl (C=O) groups excluding carboxylic acids is 1. The van der Waals surface area contributed by atoms with Crippen LogP contribution in [0.3, 0.4) is 0 Å². The van der Waals surface area contributed by atoms with Crippen molar-refractivity contribution in [1.29, 1.82) is 0 Å². The zero-order valence-corrected chi connectivity index (χ0v) is 13.8. The van der Waals surface area contributed by atoms with Crippen molar-refractivity contribution in [2.45, 2.75) is 0 Å². The van der Waals surface area contributed by atoms with Gasteiger partial charge in [0, 0.05) is 36.9 Å². The summed E-state index contributed by atoms with van der Waals surface area (Å²) in [6.45, 7) is 4.06. The van der Waals surface area contributed by atoms with Gasteiger partial charge in [0.2, 0.25) is 0 Å². The highest BCUT2D eigenvalue weighted by atomic mass is 35.5. The molecule has 124 valence electrons. The summed E-state index contributed by atoms with van der Waals surface area (Å²) < 4.78 is 0. The van der Waals surface area contributed by atoms with Crippen LogP contribution in [-0.2, 0) is 0 Å². The highest BCUT2D eigenvalue weighted by molar-refractivity contribution is 6.30. The monoisotopic (exact) mass is 343 g/mol. The van der Waals surface area contributed by atoms with E-state index in [1.54, 1.807) is 30.5 Å². The predicted molar refractivity (Wildman–Crippen MR) is 93.5 cm³/mol. The number of carbonyl (C=O) groups is 1. The molecule has 1 aromatic heterocycles. The summed E-state index contributed by atoms with van der Waals surface area (Å²) in [7, 11) is 0. The first-order valence-corrected chi connectivity index (χ1v) is 8.41. The molecular weight excluding hydrogens is 326 g/mol. The molecule has 0 aliphatic carbocycles. The number of halogens is 1. The molecule has 4 rings (SSSR count). The Labute approximate surface area is 145 Å². The summed E-state index contributed by atoms with van der Waals surface area (Å²) in [5.74, 6) is 1.83. The van der Waals surface area contributed by atoms with Crippen molar-refractivity contribution in [3.8, 4) is 0 Å². The van der Waals surface area contributed by atoms with Crippen molar-refractivity contribution in [2.75, 3.05) is 36.4 Å². The third kappa shape index (κ3) is 3.07. The Hall–Kier alpha value is -2.18. The fourth-order valence-electron chi connectivity index (χ4n) is 3.39. The quantitative estimate of drug-likeness (QED) is 0.892. The Kier molecular flexibility index (Phi) is 4.08. The number of rotatable bonds is 3. The molecule has 6 nitrogen and oxygen atoms in total. The van der Waals surface area contributed by atoms with Gasteiger partial charge in [-0.25, -0.2) is 4.98 Å². The zero-order chi connectivity index (χ0) is 16.5. The Balaban J connectivity index is 1.48. The van der Waals surface area contributed by atoms with E-state index in [0.29, 0.717) is 28.2 Å². The van der Waals surface area contributed by atoms with Gasteiger partial charge in [0.25, 0.3) is 5.91 Å². The molecule has 0 spiro atoms. The van der Waals surface area contributed by atoms with E-state index in [4.69, 9.17) is 11.6 Å². The smallest absolute Gasteiger partial charge is 0.275 e. The molecule has 2 fully saturated rings. The maximum absolute atomic E-state index is 12.4. The molecule has 7 heteroatoms. The largest absolute Gasteiger partial charge is 0.355 e. The highest BCUT2D eigenvalue weighted by Crippen LogP contribution is 2.29. The molecule has 2 N–H and O–H groups in total. The SMILES string of the molecule is O=C(Nc1ccc(Cl)cc1)c1cncc(N2C[C@H]3CNC[C@H]3C2)n1. The van der Waals surface area contributed by atoms with Crippen LogP contribution in [0.4, 0.5) is 11.5 Å². The molecule has 0 unspecified atom stereocenters. The summed E-state index contributed by atoms with van der Waals surface area (Å²) in [6.07, 6.45) is 3.22. The van der Waals surface area contributed by atoms with Gasteiger partial charge in [0.15, 0.2) is 0 Å². The third-order valence-electron chi connectivity index (χ3n) is 4.67. The van der Waals surface area contributed by atoms with E-state index < -0.39 is 0 Å². The van der Waals surface area contributed by atoms with Gasteiger partial charge in [-0.2, -0.15) is 0 Å². The summed E-state index contributed by atoms with van der Waals surface area (Å²) in [5, 5.41) is 6.86. The summed E-state index contributed by atoms with van der Waals surface area (Å²) in [5.41, 5.74) is 0.996. The van der Waals surface area contributed by atoms with Crippen LogP contribution in [0, 0.1) is 11.8 Å². The van der Waals surface area contributed by atoms with E-state index in [0.717, 1.165) is 32.0 Å². The number of benzene rings is 1. The van der Waals surface area contributed by atoms with E-state index in [1.807, 2.05) is 0 Å². The second-order valence-corrected chi connectivity index (χ2v) is 6.74. The van der Waals surface area contributed by atoms with Gasteiger partial charge in [0.1, 0.15) is 11.5 Å². The fraction of sp³-hybridized carbons (Fsp3) is 0.353. The van der Waals surface area contributed by atoms with E-state index in [1.165, 1.54) is 6.20 Å². The van der Waals surface area contributed by atoms with Gasteiger partial charge in [-0.1, -0.05) is 11.6 Å². The molecule has 3 heterocycles. The number of anilines is 2. The highest BCUT2D eigenvalue weighted by Gasteiger charge is 2.36.